The molecule has 70 heavy (non-hydrogen) atoms. The summed E-state index contributed by atoms with van der Waals surface area (Å²) in [7, 11) is 0. The van der Waals surface area contributed by atoms with Gasteiger partial charge in [0.05, 0.1) is 34.6 Å². The summed E-state index contributed by atoms with van der Waals surface area (Å²) in [6, 6.07) is 5.06. The van der Waals surface area contributed by atoms with E-state index in [2.05, 4.69) is 92.9 Å². The number of rotatable bonds is 8. The van der Waals surface area contributed by atoms with Crippen molar-refractivity contribution in [1.29, 1.82) is 0 Å². The van der Waals surface area contributed by atoms with Crippen LogP contribution >= 0.6 is 84.7 Å². The smallest absolute Gasteiger partial charge is 0.347 e. The van der Waals surface area contributed by atoms with E-state index in [1.165, 1.54) is 46.4 Å². The first-order valence-corrected chi connectivity index (χ1v) is 26.3. The van der Waals surface area contributed by atoms with Crippen LogP contribution in [0, 0.1) is 0 Å². The molecule has 17 nitrogen and oxygen atoms in total. The molecule has 6 heterocycles. The summed E-state index contributed by atoms with van der Waals surface area (Å²) in [6.07, 6.45) is 4.50. The van der Waals surface area contributed by atoms with Crippen molar-refractivity contribution in [2.75, 3.05) is 22.2 Å². The second-order valence-electron chi connectivity index (χ2n) is 18.6. The zero-order valence-corrected chi connectivity index (χ0v) is 47.6. The van der Waals surface area contributed by atoms with Gasteiger partial charge in [0.2, 0.25) is 0 Å². The number of carboxylic acid groups (broad SMARTS) is 1. The maximum absolute atomic E-state index is 12.3. The summed E-state index contributed by atoms with van der Waals surface area (Å²) in [4.78, 5) is 48.6. The highest BCUT2D eigenvalue weighted by molar-refractivity contribution is 9.08. The molecule has 0 aliphatic heterocycles. The number of nitrogens with one attached hydrogen (secondary N) is 2. The Hall–Kier alpha value is -4.35. The van der Waals surface area contributed by atoms with Gasteiger partial charge in [0, 0.05) is 28.5 Å². The Labute approximate surface area is 447 Å². The summed E-state index contributed by atoms with van der Waals surface area (Å²) < 4.78 is 0. The largest absolute Gasteiger partial charge is 0.477 e. The van der Waals surface area contributed by atoms with Gasteiger partial charge in [0.25, 0.3) is 11.8 Å². The van der Waals surface area contributed by atoms with Gasteiger partial charge in [-0.1, -0.05) is 148 Å². The third-order valence-electron chi connectivity index (χ3n) is 8.78. The molecular formula is C46H65BrCl3N13O4S3. The van der Waals surface area contributed by atoms with Crippen LogP contribution in [-0.4, -0.2) is 74.3 Å². The second kappa shape index (κ2) is 28.0. The Bertz CT molecular complexity index is 2520. The van der Waals surface area contributed by atoms with Crippen molar-refractivity contribution in [1.82, 2.24) is 45.5 Å². The van der Waals surface area contributed by atoms with E-state index in [1.54, 1.807) is 24.4 Å². The Kier molecular flexibility index (Phi) is 25.5. The lowest BCUT2D eigenvalue weighted by Gasteiger charge is -2.20. The first-order chi connectivity index (χ1) is 31.9. The molecule has 2 amide bonds. The second-order valence-corrected chi connectivity index (χ2v) is 22.9. The first-order valence-electron chi connectivity index (χ1n) is 21.1. The lowest BCUT2D eigenvalue weighted by Crippen LogP contribution is -2.17. The van der Waals surface area contributed by atoms with E-state index in [0.29, 0.717) is 64.4 Å². The molecule has 0 aliphatic carbocycles. The fourth-order valence-electron chi connectivity index (χ4n) is 5.12. The van der Waals surface area contributed by atoms with Crippen LogP contribution in [0.3, 0.4) is 0 Å². The molecule has 6 rings (SSSR count). The van der Waals surface area contributed by atoms with E-state index < -0.39 is 5.97 Å². The van der Waals surface area contributed by atoms with E-state index in [4.69, 9.17) is 51.4 Å². The van der Waals surface area contributed by atoms with Crippen molar-refractivity contribution in [2.24, 2.45) is 5.73 Å². The van der Waals surface area contributed by atoms with E-state index in [-0.39, 0.29) is 41.5 Å². The summed E-state index contributed by atoms with van der Waals surface area (Å²) in [5.41, 5.74) is 13.4. The SMILES string of the molecule is C.CBr.CC(C)(C)c1cc(N)nnc1Cl.CC(C)c1ncc(C(=O)Nc2cc(C(C)(C)C)c(Cl)nn2)s1.CC(C)c1ncc(C(=O)O)s1.CC(N)c1ncc(C(=O)Nc2cc(C(C)(C)C)c(Cl)nn2)s1. The highest BCUT2D eigenvalue weighted by Gasteiger charge is 2.23. The molecule has 0 saturated carbocycles. The number of hydrogen-bond donors (Lipinski definition) is 5. The van der Waals surface area contributed by atoms with Crippen molar-refractivity contribution >= 4 is 120 Å². The standard InChI is InChI=1S/C15H19ClN4OS.C14H18ClN5OS.C8H12ClN3.C7H9NO2S.CH3Br.CH4/c1-8(2)14-17-7-10(22-14)13(21)18-11-6-9(15(3,4)5)12(16)20-19-11;1-7(16)13-17-6-9(22-13)12(21)18-10-5-8(14(2,3)4)11(15)20-19-10;1-8(2,3)5-4-6(10)11-12-7(5)9;1-4(2)6-8-3-5(11-6)7(9)10;1-2;/h6-8H,1-5H3,(H,18,19,21);5-7H,16H2,1-4H3,(H,18,19,21);4H,1-3H3,(H2,10,11);3-4H,1-2H3,(H,9,10);1H3;1H4. The molecule has 6 aromatic heterocycles. The van der Waals surface area contributed by atoms with Crippen LogP contribution in [-0.2, 0) is 16.2 Å². The number of aromatic nitrogens is 9. The number of nitrogen functional groups attached to an aromatic ring is 1. The van der Waals surface area contributed by atoms with Gasteiger partial charge in [-0.25, -0.2) is 19.7 Å². The number of anilines is 3. The van der Waals surface area contributed by atoms with Gasteiger partial charge in [-0.05, 0) is 47.2 Å². The van der Waals surface area contributed by atoms with Crippen LogP contribution in [0.2, 0.25) is 15.5 Å². The number of aromatic carboxylic acids is 1. The van der Waals surface area contributed by atoms with Gasteiger partial charge in [-0.3, -0.25) is 9.59 Å². The predicted molar refractivity (Wildman–Crippen MR) is 293 cm³/mol. The fourth-order valence-corrected chi connectivity index (χ4v) is 8.59. The quantitative estimate of drug-likeness (QED) is 0.0887. The van der Waals surface area contributed by atoms with Crippen LogP contribution in [0.25, 0.3) is 0 Å². The van der Waals surface area contributed by atoms with Crippen molar-refractivity contribution < 1.29 is 19.5 Å². The molecule has 0 fully saturated rings. The normalized spacial score (nSPS) is 11.5. The van der Waals surface area contributed by atoms with Gasteiger partial charge < -0.3 is 27.2 Å². The molecule has 0 aliphatic rings. The molecule has 24 heteroatoms. The van der Waals surface area contributed by atoms with Crippen molar-refractivity contribution in [2.45, 2.75) is 138 Å². The zero-order valence-electron chi connectivity index (χ0n) is 41.3. The zero-order chi connectivity index (χ0) is 52.8. The maximum Gasteiger partial charge on any atom is 0.347 e. The summed E-state index contributed by atoms with van der Waals surface area (Å²) in [5, 5.41) is 40.7. The van der Waals surface area contributed by atoms with Gasteiger partial charge in [-0.15, -0.1) is 64.6 Å². The molecule has 1 atom stereocenters. The monoisotopic (exact) mass is 1140 g/mol. The Balaban J connectivity index is 0.000000478. The Morgan fingerprint density at radius 1 is 0.571 bits per heavy atom. The first kappa shape index (κ1) is 63.7. The van der Waals surface area contributed by atoms with Crippen LogP contribution in [0.4, 0.5) is 17.5 Å². The van der Waals surface area contributed by atoms with Gasteiger partial charge in [0.15, 0.2) is 27.1 Å². The number of carboxylic acids is 1. The number of carbonyl (C=O) groups excluding carboxylic acids is 2. The number of carbonyl (C=O) groups is 3. The van der Waals surface area contributed by atoms with Crippen LogP contribution < -0.4 is 22.1 Å². The van der Waals surface area contributed by atoms with Crippen molar-refractivity contribution in [3.63, 3.8) is 0 Å². The number of nitrogens with zero attached hydrogens (tertiary/aromatic N) is 9. The number of alkyl halides is 1. The third-order valence-corrected chi connectivity index (χ3v) is 13.4. The van der Waals surface area contributed by atoms with Crippen molar-refractivity contribution in [3.8, 4) is 0 Å². The van der Waals surface area contributed by atoms with E-state index in [1.807, 2.05) is 82.0 Å². The summed E-state index contributed by atoms with van der Waals surface area (Å²) >= 11 is 24.8. The fraction of sp³-hybridized carbons (Fsp3) is 0.478. The van der Waals surface area contributed by atoms with E-state index in [9.17, 15) is 14.4 Å². The molecule has 0 radical (unpaired) electrons. The number of nitrogens with two attached hydrogens (primary N) is 2. The molecule has 0 spiro atoms. The van der Waals surface area contributed by atoms with E-state index in [0.717, 1.165) is 26.7 Å². The minimum atomic E-state index is -0.894. The maximum atomic E-state index is 12.3. The summed E-state index contributed by atoms with van der Waals surface area (Å²) in [5.74, 6) is 2.16. The highest BCUT2D eigenvalue weighted by Crippen LogP contribution is 2.32. The highest BCUT2D eigenvalue weighted by atomic mass is 79.9. The van der Waals surface area contributed by atoms with Gasteiger partial charge in [-0.2, -0.15) is 0 Å². The average molecular weight is 1150 g/mol. The molecule has 0 saturated heterocycles. The molecule has 6 aromatic rings. The van der Waals surface area contributed by atoms with Crippen LogP contribution in [0.1, 0.15) is 183 Å². The predicted octanol–water partition coefficient (Wildman–Crippen LogP) is 13.0. The minimum Gasteiger partial charge on any atom is -0.477 e. The number of hydrogen-bond acceptors (Lipinski definition) is 17. The number of thiazole rings is 3. The molecule has 1 unspecified atom stereocenters. The lowest BCUT2D eigenvalue weighted by molar-refractivity contribution is 0.0701. The average Bonchev–Trinajstić information content (AvgIpc) is 4.06. The topological polar surface area (TPSA) is 264 Å². The molecule has 384 valence electrons. The summed E-state index contributed by atoms with van der Waals surface area (Å²) in [6.45, 7) is 28.2. The molecule has 7 N–H and O–H groups in total. The van der Waals surface area contributed by atoms with Gasteiger partial charge in [0.1, 0.15) is 25.5 Å². The minimum absolute atomic E-state index is 0. The lowest BCUT2D eigenvalue weighted by atomic mass is 9.88. The number of amides is 2. The van der Waals surface area contributed by atoms with Gasteiger partial charge >= 0.3 is 5.97 Å². The van der Waals surface area contributed by atoms with Crippen molar-refractivity contribution in [3.05, 3.63) is 98.6 Å². The van der Waals surface area contributed by atoms with E-state index >= 15 is 0 Å². The molecule has 0 bridgehead atoms. The molecule has 0 aromatic carbocycles. The number of halogens is 4. The van der Waals surface area contributed by atoms with Crippen LogP contribution in [0.5, 0.6) is 0 Å². The van der Waals surface area contributed by atoms with Crippen LogP contribution in [0.15, 0.2) is 36.8 Å². The molecular weight excluding hydrogens is 1080 g/mol. The Morgan fingerprint density at radius 3 is 1.17 bits per heavy atom. The third kappa shape index (κ3) is 20.0. The Morgan fingerprint density at radius 2 is 0.886 bits per heavy atom.